The third-order valence-electron chi connectivity index (χ3n) is 1.72. The van der Waals surface area contributed by atoms with Crippen molar-refractivity contribution in [1.29, 1.82) is 0 Å². The molecule has 2 aromatic rings. The molecule has 4 heteroatoms. The largest absolute Gasteiger partial charge is 0.330 e. The van der Waals surface area contributed by atoms with Crippen LogP contribution in [0.2, 0.25) is 0 Å². The SMILES string of the molecule is NCCc1ccn2nccc2n1. The third kappa shape index (κ3) is 1.16. The maximum absolute atomic E-state index is 5.42. The van der Waals surface area contributed by atoms with Crippen LogP contribution >= 0.6 is 0 Å². The molecule has 0 radical (unpaired) electrons. The zero-order valence-corrected chi connectivity index (χ0v) is 6.64. The molecule has 4 nitrogen and oxygen atoms in total. The summed E-state index contributed by atoms with van der Waals surface area (Å²) in [6.07, 6.45) is 4.45. The predicted octanol–water partition coefficient (Wildman–Crippen LogP) is 0.230. The topological polar surface area (TPSA) is 56.2 Å². The van der Waals surface area contributed by atoms with Crippen LogP contribution in [-0.4, -0.2) is 21.1 Å². The lowest BCUT2D eigenvalue weighted by atomic mass is 10.3. The van der Waals surface area contributed by atoms with E-state index in [1.54, 1.807) is 10.7 Å². The van der Waals surface area contributed by atoms with Gasteiger partial charge in [-0.2, -0.15) is 5.10 Å². The molecule has 2 aromatic heterocycles. The monoisotopic (exact) mass is 162 g/mol. The van der Waals surface area contributed by atoms with Crippen LogP contribution in [0.5, 0.6) is 0 Å². The standard InChI is InChI=1S/C8H10N4/c9-4-1-7-3-6-12-8(11-7)2-5-10-12/h2-3,5-6H,1,4,9H2. The Hall–Kier alpha value is -1.42. The highest BCUT2D eigenvalue weighted by atomic mass is 15.2. The molecule has 0 aliphatic rings. The molecule has 0 atom stereocenters. The average molecular weight is 162 g/mol. The first kappa shape index (κ1) is 7.24. The molecule has 0 bridgehead atoms. The summed E-state index contributed by atoms with van der Waals surface area (Å²) in [6, 6.07) is 3.81. The molecular weight excluding hydrogens is 152 g/mol. The molecule has 0 aromatic carbocycles. The molecule has 62 valence electrons. The van der Waals surface area contributed by atoms with Gasteiger partial charge in [-0.05, 0) is 12.6 Å². The highest BCUT2D eigenvalue weighted by Gasteiger charge is 1.96. The molecule has 2 rings (SSSR count). The van der Waals surface area contributed by atoms with Crippen molar-refractivity contribution in [2.45, 2.75) is 6.42 Å². The molecule has 2 heterocycles. The van der Waals surface area contributed by atoms with E-state index in [1.165, 1.54) is 0 Å². The van der Waals surface area contributed by atoms with E-state index >= 15 is 0 Å². The van der Waals surface area contributed by atoms with E-state index < -0.39 is 0 Å². The van der Waals surface area contributed by atoms with Gasteiger partial charge in [0.15, 0.2) is 5.65 Å². The Morgan fingerprint density at radius 2 is 2.33 bits per heavy atom. The lowest BCUT2D eigenvalue weighted by molar-refractivity contribution is 0.882. The summed E-state index contributed by atoms with van der Waals surface area (Å²) in [7, 11) is 0. The molecule has 0 fully saturated rings. The first-order valence-electron chi connectivity index (χ1n) is 3.89. The van der Waals surface area contributed by atoms with Crippen LogP contribution in [0, 0.1) is 0 Å². The minimum Gasteiger partial charge on any atom is -0.330 e. The van der Waals surface area contributed by atoms with Crippen LogP contribution in [-0.2, 0) is 6.42 Å². The van der Waals surface area contributed by atoms with Crippen molar-refractivity contribution in [2.75, 3.05) is 6.54 Å². The summed E-state index contributed by atoms with van der Waals surface area (Å²) in [5.41, 5.74) is 7.31. The van der Waals surface area contributed by atoms with Gasteiger partial charge in [-0.1, -0.05) is 0 Å². The lowest BCUT2D eigenvalue weighted by Gasteiger charge is -1.97. The van der Waals surface area contributed by atoms with Crippen molar-refractivity contribution in [1.82, 2.24) is 14.6 Å². The molecule has 0 aliphatic carbocycles. The van der Waals surface area contributed by atoms with Gasteiger partial charge in [0.2, 0.25) is 0 Å². The summed E-state index contributed by atoms with van der Waals surface area (Å²) in [5.74, 6) is 0. The van der Waals surface area contributed by atoms with Crippen molar-refractivity contribution in [2.24, 2.45) is 5.73 Å². The van der Waals surface area contributed by atoms with Gasteiger partial charge in [-0.3, -0.25) is 0 Å². The van der Waals surface area contributed by atoms with E-state index in [0.717, 1.165) is 17.8 Å². The van der Waals surface area contributed by atoms with Crippen LogP contribution in [0.25, 0.3) is 5.65 Å². The van der Waals surface area contributed by atoms with E-state index in [9.17, 15) is 0 Å². The van der Waals surface area contributed by atoms with Gasteiger partial charge in [0.05, 0.1) is 6.20 Å². The summed E-state index contributed by atoms with van der Waals surface area (Å²) in [5, 5.41) is 4.04. The van der Waals surface area contributed by atoms with E-state index in [1.807, 2.05) is 18.3 Å². The Bertz CT molecular complexity index is 379. The number of rotatable bonds is 2. The van der Waals surface area contributed by atoms with Crippen LogP contribution in [0.1, 0.15) is 5.69 Å². The van der Waals surface area contributed by atoms with E-state index in [-0.39, 0.29) is 0 Å². The number of fused-ring (bicyclic) bond motifs is 1. The van der Waals surface area contributed by atoms with Crippen LogP contribution in [0.15, 0.2) is 24.5 Å². The van der Waals surface area contributed by atoms with Crippen molar-refractivity contribution in [3.63, 3.8) is 0 Å². The number of nitrogens with zero attached hydrogens (tertiary/aromatic N) is 3. The fourth-order valence-corrected chi connectivity index (χ4v) is 1.14. The van der Waals surface area contributed by atoms with Crippen LogP contribution < -0.4 is 5.73 Å². The second kappa shape index (κ2) is 2.91. The molecule has 0 spiro atoms. The van der Waals surface area contributed by atoms with Crippen LogP contribution in [0.4, 0.5) is 0 Å². The maximum atomic E-state index is 5.42. The predicted molar refractivity (Wildman–Crippen MR) is 45.7 cm³/mol. The molecular formula is C8H10N4. The Morgan fingerprint density at radius 3 is 3.17 bits per heavy atom. The average Bonchev–Trinajstić information content (AvgIpc) is 2.51. The first-order valence-corrected chi connectivity index (χ1v) is 3.89. The van der Waals surface area contributed by atoms with Gasteiger partial charge in [-0.25, -0.2) is 9.50 Å². The summed E-state index contributed by atoms with van der Waals surface area (Å²) in [6.45, 7) is 0.636. The Balaban J connectivity index is 2.46. The van der Waals surface area contributed by atoms with E-state index in [2.05, 4.69) is 10.1 Å². The van der Waals surface area contributed by atoms with Gasteiger partial charge in [0.1, 0.15) is 0 Å². The summed E-state index contributed by atoms with van der Waals surface area (Å²) < 4.78 is 1.74. The van der Waals surface area contributed by atoms with Gasteiger partial charge in [-0.15, -0.1) is 0 Å². The molecule has 12 heavy (non-hydrogen) atoms. The molecule has 0 saturated carbocycles. The fourth-order valence-electron chi connectivity index (χ4n) is 1.14. The number of hydrogen-bond acceptors (Lipinski definition) is 3. The second-order valence-electron chi connectivity index (χ2n) is 2.59. The Labute approximate surface area is 70.0 Å². The highest BCUT2D eigenvalue weighted by Crippen LogP contribution is 2.00. The quantitative estimate of drug-likeness (QED) is 0.687. The van der Waals surface area contributed by atoms with E-state index in [4.69, 9.17) is 5.73 Å². The van der Waals surface area contributed by atoms with E-state index in [0.29, 0.717) is 6.54 Å². The highest BCUT2D eigenvalue weighted by molar-refractivity contribution is 5.36. The van der Waals surface area contributed by atoms with Gasteiger partial charge < -0.3 is 5.73 Å². The van der Waals surface area contributed by atoms with Crippen molar-refractivity contribution in [3.05, 3.63) is 30.2 Å². The maximum Gasteiger partial charge on any atom is 0.155 e. The van der Waals surface area contributed by atoms with Gasteiger partial charge in [0, 0.05) is 24.4 Å². The van der Waals surface area contributed by atoms with Crippen LogP contribution in [0.3, 0.4) is 0 Å². The molecule has 0 saturated heterocycles. The smallest absolute Gasteiger partial charge is 0.155 e. The second-order valence-corrected chi connectivity index (χ2v) is 2.59. The van der Waals surface area contributed by atoms with Crippen molar-refractivity contribution >= 4 is 5.65 Å². The van der Waals surface area contributed by atoms with Crippen molar-refractivity contribution < 1.29 is 0 Å². The number of hydrogen-bond donors (Lipinski definition) is 1. The number of nitrogens with two attached hydrogens (primary N) is 1. The molecule has 0 unspecified atom stereocenters. The van der Waals surface area contributed by atoms with Crippen molar-refractivity contribution in [3.8, 4) is 0 Å². The minimum atomic E-state index is 0.636. The number of aromatic nitrogens is 3. The third-order valence-corrected chi connectivity index (χ3v) is 1.72. The summed E-state index contributed by atoms with van der Waals surface area (Å²) in [4.78, 5) is 4.35. The Kier molecular flexibility index (Phi) is 1.75. The molecule has 2 N–H and O–H groups in total. The first-order chi connectivity index (χ1) is 5.90. The normalized spacial score (nSPS) is 10.8. The summed E-state index contributed by atoms with van der Waals surface area (Å²) >= 11 is 0. The zero-order valence-electron chi connectivity index (χ0n) is 6.64. The lowest BCUT2D eigenvalue weighted by Crippen LogP contribution is -2.05. The fraction of sp³-hybridized carbons (Fsp3) is 0.250. The minimum absolute atomic E-state index is 0.636. The van der Waals surface area contributed by atoms with Gasteiger partial charge in [0.25, 0.3) is 0 Å². The Morgan fingerprint density at radius 1 is 1.42 bits per heavy atom. The molecule has 0 aliphatic heterocycles. The molecule has 0 amide bonds. The van der Waals surface area contributed by atoms with Gasteiger partial charge >= 0.3 is 0 Å². The zero-order chi connectivity index (χ0) is 8.39.